The van der Waals surface area contributed by atoms with Gasteiger partial charge >= 0.3 is 6.03 Å². The molecule has 1 aromatic rings. The molecule has 0 atom stereocenters. The van der Waals surface area contributed by atoms with Crippen molar-refractivity contribution in [3.63, 3.8) is 0 Å². The van der Waals surface area contributed by atoms with Crippen molar-refractivity contribution < 1.29 is 19.3 Å². The van der Waals surface area contributed by atoms with Crippen LogP contribution < -0.4 is 4.90 Å². The van der Waals surface area contributed by atoms with Crippen molar-refractivity contribution >= 4 is 17.9 Å². The maximum Gasteiger partial charge on any atom is 0.358 e. The fourth-order valence-corrected chi connectivity index (χ4v) is 2.08. The third kappa shape index (κ3) is 6.27. The number of hydroxylamine groups is 2. The van der Waals surface area contributed by atoms with Crippen LogP contribution in [0.4, 0.5) is 10.7 Å². The van der Waals surface area contributed by atoms with E-state index in [0.717, 1.165) is 11.3 Å². The summed E-state index contributed by atoms with van der Waals surface area (Å²) in [6, 6.07) is -0.875. The summed E-state index contributed by atoms with van der Waals surface area (Å²) in [6.45, 7) is 11.7. The van der Waals surface area contributed by atoms with Crippen LogP contribution >= 0.6 is 0 Å². The Morgan fingerprint density at radius 2 is 1.92 bits per heavy atom. The van der Waals surface area contributed by atoms with Gasteiger partial charge in [0, 0.05) is 19.9 Å². The van der Waals surface area contributed by atoms with Crippen LogP contribution in [0.15, 0.2) is 4.52 Å². The second-order valence-corrected chi connectivity index (χ2v) is 7.53. The normalized spacial score (nSPS) is 11.7. The molecule has 0 aromatic carbocycles. The Morgan fingerprint density at radius 3 is 2.38 bits per heavy atom. The summed E-state index contributed by atoms with van der Waals surface area (Å²) >= 11 is 0. The van der Waals surface area contributed by atoms with Gasteiger partial charge in [0.15, 0.2) is 0 Å². The molecular formula is C16H28N4O4. The summed E-state index contributed by atoms with van der Waals surface area (Å²) in [5.41, 5.74) is -0.286. The number of amides is 3. The minimum Gasteiger partial charge on any atom is -0.338 e. The number of hydrogen-bond donors (Lipinski definition) is 1. The van der Waals surface area contributed by atoms with Crippen molar-refractivity contribution in [2.45, 2.75) is 60.8 Å². The lowest BCUT2D eigenvalue weighted by atomic mass is 9.96. The predicted molar refractivity (Wildman–Crippen MR) is 88.6 cm³/mol. The number of urea groups is 1. The molecule has 8 nitrogen and oxygen atoms in total. The van der Waals surface area contributed by atoms with E-state index >= 15 is 0 Å². The lowest BCUT2D eigenvalue weighted by molar-refractivity contribution is -0.152. The van der Waals surface area contributed by atoms with E-state index in [0.29, 0.717) is 18.2 Å². The van der Waals surface area contributed by atoms with E-state index in [1.807, 2.05) is 20.8 Å². The highest BCUT2D eigenvalue weighted by molar-refractivity contribution is 6.00. The zero-order valence-corrected chi connectivity index (χ0v) is 15.4. The van der Waals surface area contributed by atoms with E-state index in [1.54, 1.807) is 6.92 Å². The smallest absolute Gasteiger partial charge is 0.338 e. The number of carbonyl (C=O) groups excluding carboxylic acids is 2. The van der Waals surface area contributed by atoms with Gasteiger partial charge in [0.2, 0.25) is 5.89 Å². The number of rotatable bonds is 6. The molecule has 0 bridgehead atoms. The predicted octanol–water partition coefficient (Wildman–Crippen LogP) is 3.39. The van der Waals surface area contributed by atoms with Gasteiger partial charge in [-0.25, -0.2) is 4.79 Å². The molecule has 136 valence electrons. The molecule has 0 aliphatic carbocycles. The molecule has 0 saturated heterocycles. The first-order chi connectivity index (χ1) is 11.0. The number of aromatic nitrogens is 2. The number of anilines is 1. The number of nitrogens with zero attached hydrogens (tertiary/aromatic N) is 4. The van der Waals surface area contributed by atoms with E-state index in [1.165, 1.54) is 0 Å². The molecule has 0 aliphatic heterocycles. The van der Waals surface area contributed by atoms with Gasteiger partial charge in [0.05, 0.1) is 0 Å². The molecule has 24 heavy (non-hydrogen) atoms. The van der Waals surface area contributed by atoms with Crippen LogP contribution in [0, 0.1) is 18.3 Å². The van der Waals surface area contributed by atoms with Crippen LogP contribution in [0.2, 0.25) is 0 Å². The largest absolute Gasteiger partial charge is 0.358 e. The second-order valence-electron chi connectivity index (χ2n) is 7.53. The molecule has 1 heterocycles. The van der Waals surface area contributed by atoms with Crippen LogP contribution in [0.3, 0.4) is 0 Å². The maximum absolute atomic E-state index is 12.5. The van der Waals surface area contributed by atoms with E-state index in [2.05, 4.69) is 24.0 Å². The summed E-state index contributed by atoms with van der Waals surface area (Å²) < 4.78 is 4.90. The van der Waals surface area contributed by atoms with Crippen molar-refractivity contribution in [3.05, 3.63) is 5.89 Å². The minimum absolute atomic E-state index is 0.0291. The van der Waals surface area contributed by atoms with Crippen LogP contribution in [0.5, 0.6) is 0 Å². The molecule has 0 spiro atoms. The van der Waals surface area contributed by atoms with Gasteiger partial charge < -0.3 is 4.52 Å². The Labute approximate surface area is 142 Å². The Balaban J connectivity index is 2.85. The van der Waals surface area contributed by atoms with Crippen LogP contribution in [-0.2, 0) is 4.79 Å². The standard InChI is InChI=1S/C16H28N4O4/c1-11(2)8-7-9-13(21)20(23)15(22)19(10-16(4,5)6)14-17-12(3)24-18-14/h11,23H,7-10H2,1-6H3. The van der Waals surface area contributed by atoms with Gasteiger partial charge in [0.25, 0.3) is 11.9 Å². The molecule has 0 radical (unpaired) electrons. The molecule has 8 heteroatoms. The molecule has 0 aliphatic rings. The number of carbonyl (C=O) groups is 2. The lowest BCUT2D eigenvalue weighted by Gasteiger charge is -2.29. The molecule has 1 N–H and O–H groups in total. The highest BCUT2D eigenvalue weighted by Crippen LogP contribution is 2.21. The average molecular weight is 340 g/mol. The molecule has 3 amide bonds. The SMILES string of the molecule is Cc1nc(N(CC(C)(C)C)C(=O)N(O)C(=O)CCCC(C)C)no1. The first-order valence-electron chi connectivity index (χ1n) is 8.15. The number of aryl methyl sites for hydroxylation is 1. The lowest BCUT2D eigenvalue weighted by Crippen LogP contribution is -2.48. The van der Waals surface area contributed by atoms with E-state index in [-0.39, 0.29) is 29.4 Å². The monoisotopic (exact) mass is 340 g/mol. The fourth-order valence-electron chi connectivity index (χ4n) is 2.08. The highest BCUT2D eigenvalue weighted by Gasteiger charge is 2.32. The Bertz CT molecular complexity index is 563. The first-order valence-corrected chi connectivity index (χ1v) is 8.15. The first kappa shape index (κ1) is 20.1. The Kier molecular flexibility index (Phi) is 6.89. The minimum atomic E-state index is -0.875. The van der Waals surface area contributed by atoms with E-state index < -0.39 is 11.9 Å². The van der Waals surface area contributed by atoms with Gasteiger partial charge in [-0.05, 0) is 22.9 Å². The molecule has 1 rings (SSSR count). The van der Waals surface area contributed by atoms with Crippen molar-refractivity contribution in [1.82, 2.24) is 15.2 Å². The van der Waals surface area contributed by atoms with E-state index in [4.69, 9.17) is 4.52 Å². The van der Waals surface area contributed by atoms with Gasteiger partial charge in [-0.3, -0.25) is 14.9 Å². The van der Waals surface area contributed by atoms with Gasteiger partial charge in [0.1, 0.15) is 0 Å². The van der Waals surface area contributed by atoms with Crippen LogP contribution in [0.1, 0.15) is 59.8 Å². The third-order valence-electron chi connectivity index (χ3n) is 3.21. The zero-order chi connectivity index (χ0) is 18.5. The zero-order valence-electron chi connectivity index (χ0n) is 15.4. The van der Waals surface area contributed by atoms with Crippen molar-refractivity contribution in [1.29, 1.82) is 0 Å². The van der Waals surface area contributed by atoms with Crippen molar-refractivity contribution in [2.24, 2.45) is 11.3 Å². The summed E-state index contributed by atoms with van der Waals surface area (Å²) in [7, 11) is 0. The maximum atomic E-state index is 12.5. The van der Waals surface area contributed by atoms with Crippen LogP contribution in [0.25, 0.3) is 0 Å². The highest BCUT2D eigenvalue weighted by atomic mass is 16.5. The molecule has 1 aromatic heterocycles. The van der Waals surface area contributed by atoms with Gasteiger partial charge in [-0.2, -0.15) is 4.98 Å². The van der Waals surface area contributed by atoms with Crippen LogP contribution in [-0.4, -0.2) is 38.9 Å². The summed E-state index contributed by atoms with van der Waals surface area (Å²) in [4.78, 5) is 29.7. The molecule has 0 unspecified atom stereocenters. The van der Waals surface area contributed by atoms with Crippen molar-refractivity contribution in [2.75, 3.05) is 11.4 Å². The number of imide groups is 1. The summed E-state index contributed by atoms with van der Waals surface area (Å²) in [5.74, 6) is 0.144. The Hall–Kier alpha value is -1.96. The average Bonchev–Trinajstić information content (AvgIpc) is 2.88. The van der Waals surface area contributed by atoms with Gasteiger partial charge in [-0.15, -0.1) is 5.06 Å². The number of hydrogen-bond acceptors (Lipinski definition) is 6. The quantitative estimate of drug-likeness (QED) is 0.629. The molecule has 0 saturated carbocycles. The van der Waals surface area contributed by atoms with Crippen molar-refractivity contribution in [3.8, 4) is 0 Å². The fraction of sp³-hybridized carbons (Fsp3) is 0.750. The van der Waals surface area contributed by atoms with Gasteiger partial charge in [-0.1, -0.05) is 41.0 Å². The second kappa shape index (κ2) is 8.23. The van der Waals surface area contributed by atoms with E-state index in [9.17, 15) is 14.8 Å². The topological polar surface area (TPSA) is 99.8 Å². The third-order valence-corrected chi connectivity index (χ3v) is 3.21. The summed E-state index contributed by atoms with van der Waals surface area (Å²) in [5, 5.41) is 13.9. The molecular weight excluding hydrogens is 312 g/mol. The Morgan fingerprint density at radius 1 is 1.29 bits per heavy atom. The summed E-state index contributed by atoms with van der Waals surface area (Å²) in [6.07, 6.45) is 1.57. The molecule has 0 fully saturated rings.